The summed E-state index contributed by atoms with van der Waals surface area (Å²) in [6.45, 7) is 4.09. The van der Waals surface area contributed by atoms with E-state index in [0.717, 1.165) is 13.0 Å². The Morgan fingerprint density at radius 2 is 1.96 bits per heavy atom. The lowest BCUT2D eigenvalue weighted by molar-refractivity contribution is -0.120. The van der Waals surface area contributed by atoms with Crippen LogP contribution in [0.1, 0.15) is 24.8 Å². The Balaban J connectivity index is 0.00000264. The summed E-state index contributed by atoms with van der Waals surface area (Å²) in [4.78, 5) is 25.3. The zero-order valence-electron chi connectivity index (χ0n) is 13.3. The van der Waals surface area contributed by atoms with Crippen LogP contribution in [0.3, 0.4) is 0 Å². The number of nitrogens with one attached hydrogen (secondary N) is 2. The van der Waals surface area contributed by atoms with Crippen molar-refractivity contribution in [1.82, 2.24) is 15.5 Å². The highest BCUT2D eigenvalue weighted by molar-refractivity contribution is 5.95. The molecule has 1 aliphatic heterocycles. The Morgan fingerprint density at radius 3 is 2.61 bits per heavy atom. The molecule has 1 heterocycles. The number of hydrogen-bond acceptors (Lipinski definition) is 4. The van der Waals surface area contributed by atoms with Crippen LogP contribution in [0.15, 0.2) is 30.3 Å². The van der Waals surface area contributed by atoms with Crippen molar-refractivity contribution in [2.75, 3.05) is 26.2 Å². The van der Waals surface area contributed by atoms with Gasteiger partial charge < -0.3 is 11.1 Å². The molecule has 1 saturated heterocycles. The number of likely N-dealkylation sites (tertiary alicyclic amines) is 1. The number of carbonyl (C=O) groups excluding carboxylic acids is 2. The summed E-state index contributed by atoms with van der Waals surface area (Å²) in [5.74, 6) is -0.0718. The van der Waals surface area contributed by atoms with E-state index in [1.165, 1.54) is 5.56 Å². The van der Waals surface area contributed by atoms with Gasteiger partial charge in [-0.2, -0.15) is 0 Å². The van der Waals surface area contributed by atoms with E-state index >= 15 is 0 Å². The average molecular weight is 341 g/mol. The van der Waals surface area contributed by atoms with Gasteiger partial charge in [-0.05, 0) is 12.0 Å². The van der Waals surface area contributed by atoms with Crippen molar-refractivity contribution in [1.29, 1.82) is 0 Å². The van der Waals surface area contributed by atoms with Crippen LogP contribution in [0, 0.1) is 0 Å². The molecule has 4 N–H and O–H groups in total. The van der Waals surface area contributed by atoms with Gasteiger partial charge in [-0.3, -0.25) is 15.0 Å². The van der Waals surface area contributed by atoms with Crippen LogP contribution in [0.25, 0.3) is 0 Å². The molecule has 2 rings (SSSR count). The summed E-state index contributed by atoms with van der Waals surface area (Å²) in [5.41, 5.74) is 7.38. The highest BCUT2D eigenvalue weighted by atomic mass is 35.5. The van der Waals surface area contributed by atoms with Crippen LogP contribution in [0.5, 0.6) is 0 Å². The summed E-state index contributed by atoms with van der Waals surface area (Å²) in [7, 11) is 0. The fourth-order valence-corrected chi connectivity index (χ4v) is 2.75. The van der Waals surface area contributed by atoms with Crippen molar-refractivity contribution >= 4 is 24.3 Å². The number of nitrogens with two attached hydrogens (primary N) is 1. The number of rotatable bonds is 5. The highest BCUT2D eigenvalue weighted by Gasteiger charge is 2.32. The second-order valence-electron chi connectivity index (χ2n) is 5.68. The van der Waals surface area contributed by atoms with Gasteiger partial charge in [-0.25, -0.2) is 4.79 Å². The number of hydrogen-bond donors (Lipinski definition) is 3. The third-order valence-corrected chi connectivity index (χ3v) is 3.82. The molecule has 0 saturated carbocycles. The van der Waals surface area contributed by atoms with Gasteiger partial charge in [0.1, 0.15) is 0 Å². The standard InChI is InChI=1S/C16H24N4O2.ClH/c1-2-8-18-16(22)19-15(21)11-20-9-13(14(17)10-20)12-6-4-3-5-7-12;/h3-7,13-14H,2,8-11,17H2,1H3,(H2,18,19,21,22);1H/t13-,14+;/m0./s1. The maximum atomic E-state index is 11.9. The van der Waals surface area contributed by atoms with Gasteiger partial charge in [-0.1, -0.05) is 37.3 Å². The molecule has 0 unspecified atom stereocenters. The minimum atomic E-state index is -0.435. The number of benzene rings is 1. The maximum absolute atomic E-state index is 11.9. The second-order valence-corrected chi connectivity index (χ2v) is 5.68. The van der Waals surface area contributed by atoms with E-state index in [1.807, 2.05) is 30.0 Å². The van der Waals surface area contributed by atoms with Gasteiger partial charge in [-0.15, -0.1) is 12.4 Å². The Labute approximate surface area is 143 Å². The minimum Gasteiger partial charge on any atom is -0.338 e. The Morgan fingerprint density at radius 1 is 1.26 bits per heavy atom. The number of carbonyl (C=O) groups is 2. The Bertz CT molecular complexity index is 512. The third-order valence-electron chi connectivity index (χ3n) is 3.82. The summed E-state index contributed by atoms with van der Waals surface area (Å²) in [6.07, 6.45) is 0.835. The van der Waals surface area contributed by atoms with Crippen molar-refractivity contribution in [2.24, 2.45) is 5.73 Å². The fraction of sp³-hybridized carbons (Fsp3) is 0.500. The van der Waals surface area contributed by atoms with E-state index in [0.29, 0.717) is 13.1 Å². The molecule has 3 amide bonds. The SMILES string of the molecule is CCCNC(=O)NC(=O)CN1C[C@@H](N)[C@H](c2ccccc2)C1.Cl. The van der Waals surface area contributed by atoms with E-state index in [4.69, 9.17) is 5.73 Å². The van der Waals surface area contributed by atoms with Crippen LogP contribution in [0.2, 0.25) is 0 Å². The zero-order valence-corrected chi connectivity index (χ0v) is 14.1. The number of urea groups is 1. The molecular formula is C16H25ClN4O2. The molecule has 2 atom stereocenters. The van der Waals surface area contributed by atoms with Crippen LogP contribution >= 0.6 is 12.4 Å². The molecule has 23 heavy (non-hydrogen) atoms. The molecule has 1 aliphatic rings. The van der Waals surface area contributed by atoms with Crippen LogP contribution < -0.4 is 16.4 Å². The maximum Gasteiger partial charge on any atom is 0.321 e. The molecular weight excluding hydrogens is 316 g/mol. The number of halogens is 1. The molecule has 1 aromatic carbocycles. The third kappa shape index (κ3) is 5.82. The van der Waals surface area contributed by atoms with E-state index in [1.54, 1.807) is 0 Å². The lowest BCUT2D eigenvalue weighted by Crippen LogP contribution is -2.44. The fourth-order valence-electron chi connectivity index (χ4n) is 2.75. The first-order chi connectivity index (χ1) is 10.6. The summed E-state index contributed by atoms with van der Waals surface area (Å²) < 4.78 is 0. The topological polar surface area (TPSA) is 87.5 Å². The largest absolute Gasteiger partial charge is 0.338 e. The van der Waals surface area contributed by atoms with Crippen LogP contribution in [-0.2, 0) is 4.79 Å². The van der Waals surface area contributed by atoms with Crippen LogP contribution in [0.4, 0.5) is 4.79 Å². The minimum absolute atomic E-state index is 0. The van der Waals surface area contributed by atoms with Crippen molar-refractivity contribution in [2.45, 2.75) is 25.3 Å². The monoisotopic (exact) mass is 340 g/mol. The zero-order chi connectivity index (χ0) is 15.9. The normalized spacial score (nSPS) is 20.6. The quantitative estimate of drug-likeness (QED) is 0.748. The number of imide groups is 1. The number of nitrogens with zero attached hydrogens (tertiary/aromatic N) is 1. The van der Waals surface area contributed by atoms with Gasteiger partial charge in [0.05, 0.1) is 6.54 Å². The molecule has 7 heteroatoms. The molecule has 1 fully saturated rings. The van der Waals surface area contributed by atoms with Crippen LogP contribution in [-0.4, -0.2) is 49.1 Å². The van der Waals surface area contributed by atoms with Gasteiger partial charge >= 0.3 is 6.03 Å². The predicted octanol–water partition coefficient (Wildman–Crippen LogP) is 1.07. The van der Waals surface area contributed by atoms with Crippen molar-refractivity contribution in [3.8, 4) is 0 Å². The van der Waals surface area contributed by atoms with Gasteiger partial charge in [0.25, 0.3) is 0 Å². The van der Waals surface area contributed by atoms with Crippen molar-refractivity contribution in [3.05, 3.63) is 35.9 Å². The van der Waals surface area contributed by atoms with Crippen molar-refractivity contribution < 1.29 is 9.59 Å². The predicted molar refractivity (Wildman–Crippen MR) is 92.7 cm³/mol. The number of amides is 3. The molecule has 0 aliphatic carbocycles. The van der Waals surface area contributed by atoms with Crippen molar-refractivity contribution in [3.63, 3.8) is 0 Å². The second kappa shape index (κ2) is 9.50. The van der Waals surface area contributed by atoms with E-state index in [2.05, 4.69) is 22.8 Å². The Hall–Kier alpha value is -1.63. The molecule has 0 bridgehead atoms. The summed E-state index contributed by atoms with van der Waals surface area (Å²) in [5, 5.41) is 4.96. The van der Waals surface area contributed by atoms with Gasteiger partial charge in [0.15, 0.2) is 0 Å². The molecule has 0 spiro atoms. The summed E-state index contributed by atoms with van der Waals surface area (Å²) in [6, 6.07) is 9.66. The van der Waals surface area contributed by atoms with E-state index in [9.17, 15) is 9.59 Å². The molecule has 6 nitrogen and oxygen atoms in total. The molecule has 0 aromatic heterocycles. The highest BCUT2D eigenvalue weighted by Crippen LogP contribution is 2.25. The first-order valence-corrected chi connectivity index (χ1v) is 7.70. The lowest BCUT2D eigenvalue weighted by Gasteiger charge is -2.15. The Kier molecular flexibility index (Phi) is 8.02. The smallest absolute Gasteiger partial charge is 0.321 e. The summed E-state index contributed by atoms with van der Waals surface area (Å²) >= 11 is 0. The molecule has 1 aromatic rings. The van der Waals surface area contributed by atoms with Gasteiger partial charge in [0.2, 0.25) is 5.91 Å². The first kappa shape index (κ1) is 19.4. The van der Waals surface area contributed by atoms with E-state index < -0.39 is 6.03 Å². The first-order valence-electron chi connectivity index (χ1n) is 7.70. The lowest BCUT2D eigenvalue weighted by atomic mass is 9.95. The van der Waals surface area contributed by atoms with E-state index in [-0.39, 0.29) is 36.8 Å². The van der Waals surface area contributed by atoms with Gasteiger partial charge in [0, 0.05) is 31.6 Å². The average Bonchev–Trinajstić information content (AvgIpc) is 2.86. The molecule has 128 valence electrons. The molecule has 0 radical (unpaired) electrons.